The van der Waals surface area contributed by atoms with Crippen molar-refractivity contribution in [3.63, 3.8) is 0 Å². The van der Waals surface area contributed by atoms with E-state index in [1.54, 1.807) is 24.4 Å². The van der Waals surface area contributed by atoms with Gasteiger partial charge in [0.25, 0.3) is 11.8 Å². The minimum absolute atomic E-state index is 0.0140. The van der Waals surface area contributed by atoms with Crippen LogP contribution in [0, 0.1) is 5.82 Å². The Morgan fingerprint density at radius 1 is 1.14 bits per heavy atom. The number of carbonyl (C=O) groups excluding carboxylic acids is 2. The predicted octanol–water partition coefficient (Wildman–Crippen LogP) is 2.26. The molecule has 3 heterocycles. The molecular weight excluding hydrogens is 387 g/mol. The summed E-state index contributed by atoms with van der Waals surface area (Å²) in [7, 11) is 0. The zero-order chi connectivity index (χ0) is 20.9. The number of amides is 2. The summed E-state index contributed by atoms with van der Waals surface area (Å²) in [5.74, 6) is -5.65. The lowest BCUT2D eigenvalue weighted by Gasteiger charge is -2.25. The fourth-order valence-corrected chi connectivity index (χ4v) is 3.71. The van der Waals surface area contributed by atoms with Gasteiger partial charge in [0.15, 0.2) is 5.82 Å². The van der Waals surface area contributed by atoms with Gasteiger partial charge in [0, 0.05) is 18.2 Å². The molecule has 1 aromatic carbocycles. The molecule has 2 amide bonds. The van der Waals surface area contributed by atoms with Crippen molar-refractivity contribution in [1.29, 1.82) is 0 Å². The Balaban J connectivity index is 1.89. The van der Waals surface area contributed by atoms with E-state index in [2.05, 4.69) is 5.10 Å². The molecule has 29 heavy (non-hydrogen) atoms. The number of primary amides is 2. The van der Waals surface area contributed by atoms with Crippen molar-refractivity contribution < 1.29 is 22.8 Å². The third kappa shape index (κ3) is 3.26. The molecular formula is C19H16F3N5O2. The van der Waals surface area contributed by atoms with Gasteiger partial charge >= 0.3 is 0 Å². The number of pyridine rings is 1. The van der Waals surface area contributed by atoms with Crippen LogP contribution in [0.2, 0.25) is 0 Å². The first-order valence-corrected chi connectivity index (χ1v) is 8.68. The predicted molar refractivity (Wildman–Crippen MR) is 98.3 cm³/mol. The number of carbonyl (C=O) groups is 2. The van der Waals surface area contributed by atoms with Gasteiger partial charge in [0.1, 0.15) is 11.4 Å². The molecule has 1 atom stereocenters. The highest BCUT2D eigenvalue weighted by molar-refractivity contribution is 6.05. The minimum Gasteiger partial charge on any atom is -0.366 e. The fourth-order valence-electron chi connectivity index (χ4n) is 3.71. The average Bonchev–Trinajstić information content (AvgIpc) is 3.18. The van der Waals surface area contributed by atoms with Crippen LogP contribution in [-0.4, -0.2) is 33.9 Å². The number of nitrogens with zero attached hydrogens (tertiary/aromatic N) is 3. The summed E-state index contributed by atoms with van der Waals surface area (Å²) in [5.41, 5.74) is 11.1. The molecule has 2 aromatic heterocycles. The number of rotatable bonds is 4. The number of anilines is 1. The third-order valence-electron chi connectivity index (χ3n) is 4.90. The van der Waals surface area contributed by atoms with E-state index in [0.29, 0.717) is 5.52 Å². The Morgan fingerprint density at radius 3 is 2.59 bits per heavy atom. The Morgan fingerprint density at radius 2 is 1.90 bits per heavy atom. The number of alkyl halides is 2. The Kier molecular flexibility index (Phi) is 4.21. The van der Waals surface area contributed by atoms with Crippen LogP contribution >= 0.6 is 0 Å². The van der Waals surface area contributed by atoms with Crippen molar-refractivity contribution in [2.24, 2.45) is 11.5 Å². The standard InChI is InChI=1S/C19H16F3N5O2/c20-12-6-10(5-11(7-12)16(23)28)14-8-19(21,22)9-26(14)18-15(17(24)29)13-3-1-2-4-27(13)25-18/h1-7,14H,8-9H2,(H2,23,28)(H2,24,29). The van der Waals surface area contributed by atoms with E-state index < -0.39 is 42.6 Å². The van der Waals surface area contributed by atoms with E-state index in [4.69, 9.17) is 11.5 Å². The van der Waals surface area contributed by atoms with Crippen LogP contribution in [-0.2, 0) is 0 Å². The molecule has 0 aliphatic carbocycles. The second-order valence-corrected chi connectivity index (χ2v) is 6.93. The van der Waals surface area contributed by atoms with Crippen molar-refractivity contribution in [1.82, 2.24) is 9.61 Å². The van der Waals surface area contributed by atoms with E-state index in [-0.39, 0.29) is 22.5 Å². The third-order valence-corrected chi connectivity index (χ3v) is 4.90. The zero-order valence-corrected chi connectivity index (χ0v) is 15.0. The summed E-state index contributed by atoms with van der Waals surface area (Å²) in [6.07, 6.45) is 0.905. The van der Waals surface area contributed by atoms with Crippen molar-refractivity contribution in [2.45, 2.75) is 18.4 Å². The maximum Gasteiger partial charge on any atom is 0.267 e. The first kappa shape index (κ1) is 18.8. The Hall–Kier alpha value is -3.56. The van der Waals surface area contributed by atoms with E-state index >= 15 is 0 Å². The molecule has 1 aliphatic rings. The molecule has 0 bridgehead atoms. The highest BCUT2D eigenvalue weighted by Gasteiger charge is 2.47. The van der Waals surface area contributed by atoms with Gasteiger partial charge in [0.2, 0.25) is 5.91 Å². The second-order valence-electron chi connectivity index (χ2n) is 6.93. The highest BCUT2D eigenvalue weighted by Crippen LogP contribution is 2.44. The zero-order valence-electron chi connectivity index (χ0n) is 15.0. The van der Waals surface area contributed by atoms with E-state index in [1.807, 2.05) is 0 Å². The van der Waals surface area contributed by atoms with Crippen LogP contribution in [0.3, 0.4) is 0 Å². The Labute approximate surface area is 162 Å². The number of halogens is 3. The van der Waals surface area contributed by atoms with Gasteiger partial charge in [-0.1, -0.05) is 6.07 Å². The molecule has 7 nitrogen and oxygen atoms in total. The normalized spacial score (nSPS) is 18.3. The van der Waals surface area contributed by atoms with Gasteiger partial charge in [-0.25, -0.2) is 17.7 Å². The van der Waals surface area contributed by atoms with Gasteiger partial charge in [0.05, 0.1) is 18.1 Å². The molecule has 3 aromatic rings. The van der Waals surface area contributed by atoms with Crippen LogP contribution in [0.4, 0.5) is 19.0 Å². The fraction of sp³-hybridized carbons (Fsp3) is 0.211. The first-order valence-electron chi connectivity index (χ1n) is 8.68. The summed E-state index contributed by atoms with van der Waals surface area (Å²) in [4.78, 5) is 24.8. The van der Waals surface area contributed by atoms with Gasteiger partial charge in [-0.15, -0.1) is 5.10 Å². The maximum absolute atomic E-state index is 14.4. The lowest BCUT2D eigenvalue weighted by molar-refractivity contribution is 0.0222. The molecule has 1 fully saturated rings. The lowest BCUT2D eigenvalue weighted by atomic mass is 10.00. The molecule has 4 N–H and O–H groups in total. The summed E-state index contributed by atoms with van der Waals surface area (Å²) in [6.45, 7) is -0.746. The number of aromatic nitrogens is 2. The van der Waals surface area contributed by atoms with Gasteiger partial charge in [-0.3, -0.25) is 9.59 Å². The van der Waals surface area contributed by atoms with Crippen LogP contribution in [0.25, 0.3) is 5.52 Å². The van der Waals surface area contributed by atoms with E-state index in [0.717, 1.165) is 12.1 Å². The first-order chi connectivity index (χ1) is 13.7. The minimum atomic E-state index is -3.13. The monoisotopic (exact) mass is 403 g/mol. The molecule has 10 heteroatoms. The van der Waals surface area contributed by atoms with E-state index in [1.165, 1.54) is 15.5 Å². The molecule has 150 valence electrons. The molecule has 0 spiro atoms. The largest absolute Gasteiger partial charge is 0.366 e. The van der Waals surface area contributed by atoms with Crippen molar-refractivity contribution in [2.75, 3.05) is 11.4 Å². The van der Waals surface area contributed by atoms with E-state index in [9.17, 15) is 22.8 Å². The quantitative estimate of drug-likeness (QED) is 0.697. The molecule has 1 aliphatic heterocycles. The SMILES string of the molecule is NC(=O)c1cc(F)cc(C2CC(F)(F)CN2c2nn3ccccc3c2C(N)=O)c1. The maximum atomic E-state index is 14.4. The van der Waals surface area contributed by atoms with Gasteiger partial charge < -0.3 is 16.4 Å². The van der Waals surface area contributed by atoms with Crippen LogP contribution in [0.5, 0.6) is 0 Å². The number of nitrogens with two attached hydrogens (primary N) is 2. The van der Waals surface area contributed by atoms with Crippen LogP contribution in [0.1, 0.15) is 38.7 Å². The van der Waals surface area contributed by atoms with Crippen molar-refractivity contribution in [3.8, 4) is 0 Å². The highest BCUT2D eigenvalue weighted by atomic mass is 19.3. The summed E-state index contributed by atoms with van der Waals surface area (Å²) >= 11 is 0. The molecule has 0 radical (unpaired) electrons. The number of benzene rings is 1. The summed E-state index contributed by atoms with van der Waals surface area (Å²) in [5, 5.41) is 4.26. The summed E-state index contributed by atoms with van der Waals surface area (Å²) < 4.78 is 44.2. The lowest BCUT2D eigenvalue weighted by Crippen LogP contribution is -2.29. The summed E-state index contributed by atoms with van der Waals surface area (Å²) in [6, 6.07) is 7.14. The smallest absolute Gasteiger partial charge is 0.267 e. The van der Waals surface area contributed by atoms with Crippen LogP contribution in [0.15, 0.2) is 42.6 Å². The number of hydrogen-bond acceptors (Lipinski definition) is 4. The van der Waals surface area contributed by atoms with Gasteiger partial charge in [-0.05, 0) is 35.9 Å². The average molecular weight is 403 g/mol. The molecule has 0 saturated carbocycles. The topological polar surface area (TPSA) is 107 Å². The molecule has 4 rings (SSSR count). The number of hydrogen-bond donors (Lipinski definition) is 2. The van der Waals surface area contributed by atoms with Crippen LogP contribution < -0.4 is 16.4 Å². The Bertz CT molecular complexity index is 1140. The second kappa shape index (κ2) is 6.50. The molecule has 1 saturated heterocycles. The van der Waals surface area contributed by atoms with Crippen molar-refractivity contribution >= 4 is 23.1 Å². The molecule has 1 unspecified atom stereocenters. The van der Waals surface area contributed by atoms with Crippen molar-refractivity contribution in [3.05, 3.63) is 65.1 Å². The van der Waals surface area contributed by atoms with Gasteiger partial charge in [-0.2, -0.15) is 0 Å². The number of fused-ring (bicyclic) bond motifs is 1.